The van der Waals surface area contributed by atoms with Gasteiger partial charge in [-0.1, -0.05) is 0 Å². The maximum Gasteiger partial charge on any atom is 0.410 e. The quantitative estimate of drug-likeness (QED) is 0.773. The molecule has 2 aromatic rings. The van der Waals surface area contributed by atoms with Crippen LogP contribution in [0.25, 0.3) is 0 Å². The Kier molecular flexibility index (Phi) is 6.33. The van der Waals surface area contributed by atoms with Gasteiger partial charge in [-0.25, -0.2) is 9.18 Å². The monoisotopic (exact) mass is 430 g/mol. The molecule has 1 saturated heterocycles. The summed E-state index contributed by atoms with van der Waals surface area (Å²) in [4.78, 5) is 38.1. The van der Waals surface area contributed by atoms with Crippen LogP contribution in [-0.2, 0) is 4.74 Å². The molecular weight excluding hydrogens is 403 g/mol. The van der Waals surface area contributed by atoms with Crippen LogP contribution >= 0.6 is 0 Å². The third-order valence-electron chi connectivity index (χ3n) is 5.01. The van der Waals surface area contributed by atoms with Gasteiger partial charge in [0, 0.05) is 31.0 Å². The van der Waals surface area contributed by atoms with E-state index in [9.17, 15) is 18.8 Å². The van der Waals surface area contributed by atoms with Crippen LogP contribution in [0.3, 0.4) is 0 Å². The SMILES string of the molecule is CC(C)(C)OC(=O)N1CCC(n2cccc2C(=O)Nc2ccc(F)c(C(N)=O)c2)CC1. The molecule has 0 radical (unpaired) electrons. The molecule has 1 aliphatic heterocycles. The Morgan fingerprint density at radius 3 is 2.45 bits per heavy atom. The van der Waals surface area contributed by atoms with Crippen LogP contribution < -0.4 is 11.1 Å². The molecule has 1 fully saturated rings. The molecule has 0 saturated carbocycles. The highest BCUT2D eigenvalue weighted by molar-refractivity contribution is 6.04. The summed E-state index contributed by atoms with van der Waals surface area (Å²) in [6.07, 6.45) is 2.84. The van der Waals surface area contributed by atoms with Gasteiger partial charge in [0.15, 0.2) is 0 Å². The Labute approximate surface area is 180 Å². The van der Waals surface area contributed by atoms with Crippen LogP contribution in [0.5, 0.6) is 0 Å². The standard InChI is InChI=1S/C22H27FN4O4/c1-22(2,3)31-21(30)26-11-8-15(9-12-26)27-10-4-5-18(27)20(29)25-14-6-7-17(23)16(13-14)19(24)28/h4-7,10,13,15H,8-9,11-12H2,1-3H3,(H2,24,28)(H,25,29). The number of rotatable bonds is 4. The number of benzene rings is 1. The highest BCUT2D eigenvalue weighted by Crippen LogP contribution is 2.26. The van der Waals surface area contributed by atoms with Crippen molar-refractivity contribution in [1.29, 1.82) is 0 Å². The molecule has 2 heterocycles. The van der Waals surface area contributed by atoms with Crippen LogP contribution in [0.15, 0.2) is 36.5 Å². The summed E-state index contributed by atoms with van der Waals surface area (Å²) in [7, 11) is 0. The molecule has 1 aromatic carbocycles. The molecule has 1 aromatic heterocycles. The maximum absolute atomic E-state index is 13.7. The Bertz CT molecular complexity index is 988. The van der Waals surface area contributed by atoms with Gasteiger partial charge in [-0.2, -0.15) is 0 Å². The van der Waals surface area contributed by atoms with Gasteiger partial charge in [-0.15, -0.1) is 0 Å². The summed E-state index contributed by atoms with van der Waals surface area (Å²) in [6.45, 7) is 6.54. The zero-order valence-corrected chi connectivity index (χ0v) is 17.9. The lowest BCUT2D eigenvalue weighted by molar-refractivity contribution is 0.0187. The molecule has 0 aliphatic carbocycles. The highest BCUT2D eigenvalue weighted by atomic mass is 19.1. The van der Waals surface area contributed by atoms with Gasteiger partial charge < -0.3 is 25.3 Å². The van der Waals surface area contributed by atoms with Crippen molar-refractivity contribution in [2.75, 3.05) is 18.4 Å². The number of anilines is 1. The normalized spacial score (nSPS) is 14.9. The average Bonchev–Trinajstić information content (AvgIpc) is 3.18. The second kappa shape index (κ2) is 8.79. The average molecular weight is 430 g/mol. The number of carbonyl (C=O) groups excluding carboxylic acids is 3. The number of carbonyl (C=O) groups is 3. The van der Waals surface area contributed by atoms with Gasteiger partial charge in [0.05, 0.1) is 5.56 Å². The summed E-state index contributed by atoms with van der Waals surface area (Å²) in [5.74, 6) is -2.04. The number of nitrogens with two attached hydrogens (primary N) is 1. The minimum absolute atomic E-state index is 0.0452. The lowest BCUT2D eigenvalue weighted by atomic mass is 10.0. The van der Waals surface area contributed by atoms with Gasteiger partial charge in [0.1, 0.15) is 17.1 Å². The molecule has 1 aliphatic rings. The number of piperidine rings is 1. The van der Waals surface area contributed by atoms with Crippen molar-refractivity contribution in [3.63, 3.8) is 0 Å². The Balaban J connectivity index is 1.66. The summed E-state index contributed by atoms with van der Waals surface area (Å²) < 4.78 is 21.0. The van der Waals surface area contributed by atoms with Crippen molar-refractivity contribution in [3.8, 4) is 0 Å². The third-order valence-corrected chi connectivity index (χ3v) is 5.01. The molecule has 166 valence electrons. The van der Waals surface area contributed by atoms with Crippen molar-refractivity contribution >= 4 is 23.6 Å². The number of nitrogens with zero attached hydrogens (tertiary/aromatic N) is 2. The molecule has 0 unspecified atom stereocenters. The number of halogens is 1. The van der Waals surface area contributed by atoms with E-state index in [1.165, 1.54) is 12.1 Å². The van der Waals surface area contributed by atoms with E-state index in [2.05, 4.69) is 5.32 Å². The molecule has 3 amide bonds. The van der Waals surface area contributed by atoms with Gasteiger partial charge >= 0.3 is 6.09 Å². The van der Waals surface area contributed by atoms with Crippen molar-refractivity contribution in [3.05, 3.63) is 53.6 Å². The topological polar surface area (TPSA) is 107 Å². The van der Waals surface area contributed by atoms with Gasteiger partial charge in [-0.05, 0) is 63.9 Å². The van der Waals surface area contributed by atoms with Crippen molar-refractivity contribution < 1.29 is 23.5 Å². The number of aromatic nitrogens is 1. The largest absolute Gasteiger partial charge is 0.444 e. The van der Waals surface area contributed by atoms with Gasteiger partial charge in [-0.3, -0.25) is 9.59 Å². The van der Waals surface area contributed by atoms with Gasteiger partial charge in [0.25, 0.3) is 11.8 Å². The Morgan fingerprint density at radius 2 is 1.84 bits per heavy atom. The molecule has 8 nitrogen and oxygen atoms in total. The third kappa shape index (κ3) is 5.42. The van der Waals surface area contributed by atoms with E-state index < -0.39 is 17.3 Å². The van der Waals surface area contributed by atoms with E-state index >= 15 is 0 Å². The summed E-state index contributed by atoms with van der Waals surface area (Å²) in [6, 6.07) is 7.17. The number of amides is 3. The summed E-state index contributed by atoms with van der Waals surface area (Å²) in [5, 5.41) is 2.68. The van der Waals surface area contributed by atoms with Crippen LogP contribution in [0.4, 0.5) is 14.9 Å². The lowest BCUT2D eigenvalue weighted by Crippen LogP contribution is -2.42. The highest BCUT2D eigenvalue weighted by Gasteiger charge is 2.28. The Morgan fingerprint density at radius 1 is 1.16 bits per heavy atom. The minimum Gasteiger partial charge on any atom is -0.444 e. The number of hydrogen-bond acceptors (Lipinski definition) is 4. The zero-order valence-electron chi connectivity index (χ0n) is 17.9. The Hall–Kier alpha value is -3.36. The predicted molar refractivity (Wildman–Crippen MR) is 113 cm³/mol. The summed E-state index contributed by atoms with van der Waals surface area (Å²) >= 11 is 0. The van der Waals surface area contributed by atoms with Crippen molar-refractivity contribution in [2.45, 2.75) is 45.3 Å². The molecule has 31 heavy (non-hydrogen) atoms. The molecule has 9 heteroatoms. The van der Waals surface area contributed by atoms with E-state index in [-0.39, 0.29) is 29.3 Å². The number of primary amides is 1. The molecular formula is C22H27FN4O4. The van der Waals surface area contributed by atoms with Crippen LogP contribution in [-0.4, -0.2) is 46.1 Å². The smallest absolute Gasteiger partial charge is 0.410 e. The zero-order chi connectivity index (χ0) is 22.8. The maximum atomic E-state index is 13.7. The first-order chi connectivity index (χ1) is 14.5. The molecule has 3 N–H and O–H groups in total. The fourth-order valence-corrected chi connectivity index (χ4v) is 3.54. The fourth-order valence-electron chi connectivity index (χ4n) is 3.54. The number of nitrogens with one attached hydrogen (secondary N) is 1. The van der Waals surface area contributed by atoms with E-state index in [0.717, 1.165) is 6.07 Å². The fraction of sp³-hybridized carbons (Fsp3) is 0.409. The van der Waals surface area contributed by atoms with Crippen LogP contribution in [0, 0.1) is 5.82 Å². The first-order valence-corrected chi connectivity index (χ1v) is 10.1. The van der Waals surface area contributed by atoms with E-state index in [0.29, 0.717) is 31.6 Å². The molecule has 0 atom stereocenters. The van der Waals surface area contributed by atoms with E-state index in [1.54, 1.807) is 17.0 Å². The molecule has 3 rings (SSSR count). The summed E-state index contributed by atoms with van der Waals surface area (Å²) in [5.41, 5.74) is 5.03. The molecule has 0 spiro atoms. The van der Waals surface area contributed by atoms with E-state index in [4.69, 9.17) is 10.5 Å². The number of hydrogen-bond donors (Lipinski definition) is 2. The lowest BCUT2D eigenvalue weighted by Gasteiger charge is -2.34. The van der Waals surface area contributed by atoms with Crippen molar-refractivity contribution in [1.82, 2.24) is 9.47 Å². The number of likely N-dealkylation sites (tertiary alicyclic amines) is 1. The molecule has 0 bridgehead atoms. The predicted octanol–water partition coefficient (Wildman–Crippen LogP) is 3.55. The minimum atomic E-state index is -0.909. The van der Waals surface area contributed by atoms with Gasteiger partial charge in [0.2, 0.25) is 0 Å². The second-order valence-electron chi connectivity index (χ2n) is 8.51. The van der Waals surface area contributed by atoms with Crippen LogP contribution in [0.2, 0.25) is 0 Å². The first-order valence-electron chi connectivity index (χ1n) is 10.1. The van der Waals surface area contributed by atoms with Crippen LogP contribution in [0.1, 0.15) is 60.5 Å². The van der Waals surface area contributed by atoms with Crippen molar-refractivity contribution in [2.24, 2.45) is 5.73 Å². The first kappa shape index (κ1) is 22.3. The second-order valence-corrected chi connectivity index (χ2v) is 8.51. The van der Waals surface area contributed by atoms with E-state index in [1.807, 2.05) is 31.5 Å². The number of ether oxygens (including phenoxy) is 1.